The van der Waals surface area contributed by atoms with Crippen molar-refractivity contribution in [2.45, 2.75) is 13.8 Å². The highest BCUT2D eigenvalue weighted by Crippen LogP contribution is 2.27. The fourth-order valence-corrected chi connectivity index (χ4v) is 3.56. The first-order chi connectivity index (χ1) is 18.0. The number of nitrogens with zero attached hydrogens (tertiary/aromatic N) is 4. The number of aromatic nitrogens is 2. The monoisotopic (exact) mass is 499 g/mol. The van der Waals surface area contributed by atoms with Crippen LogP contribution in [0.15, 0.2) is 83.5 Å². The molecule has 0 N–H and O–H groups in total. The van der Waals surface area contributed by atoms with E-state index in [2.05, 4.69) is 10.2 Å². The summed E-state index contributed by atoms with van der Waals surface area (Å²) in [5, 5.41) is 22.6. The summed E-state index contributed by atoms with van der Waals surface area (Å²) in [6, 6.07) is 17.2. The summed E-state index contributed by atoms with van der Waals surface area (Å²) in [4.78, 5) is 38.2. The van der Waals surface area contributed by atoms with Crippen molar-refractivity contribution >= 4 is 35.3 Å². The zero-order valence-electron chi connectivity index (χ0n) is 20.2. The third-order valence-corrected chi connectivity index (χ3v) is 5.22. The fourth-order valence-electron chi connectivity index (χ4n) is 3.56. The number of hydrogen-bond acceptors (Lipinski definition) is 8. The third kappa shape index (κ3) is 5.18. The van der Waals surface area contributed by atoms with E-state index in [1.54, 1.807) is 74.5 Å². The fraction of sp³-hybridized carbons (Fsp3) is 0.148. The molecule has 2 heterocycles. The van der Waals surface area contributed by atoms with E-state index < -0.39 is 23.7 Å². The highest BCUT2D eigenvalue weighted by Gasteiger charge is 2.35. The number of benzene rings is 2. The molecule has 3 aromatic rings. The summed E-state index contributed by atoms with van der Waals surface area (Å²) in [5.41, 5.74) is 0.536. The lowest BCUT2D eigenvalue weighted by Gasteiger charge is -2.11. The Morgan fingerprint density at radius 1 is 0.919 bits per heavy atom. The lowest BCUT2D eigenvalue weighted by Crippen LogP contribution is -2.22. The molecular formula is C27H23N4O6-. The molecular weight excluding hydrogens is 476 g/mol. The second-order valence-corrected chi connectivity index (χ2v) is 7.60. The predicted molar refractivity (Wildman–Crippen MR) is 134 cm³/mol. The van der Waals surface area contributed by atoms with Crippen molar-refractivity contribution in [2.75, 3.05) is 18.2 Å². The number of carbonyl (C=O) groups is 3. The zero-order chi connectivity index (χ0) is 26.4. The minimum atomic E-state index is -0.762. The first-order valence-corrected chi connectivity index (χ1v) is 11.5. The number of amides is 1. The van der Waals surface area contributed by atoms with Crippen LogP contribution in [0.1, 0.15) is 29.9 Å². The second-order valence-electron chi connectivity index (χ2n) is 7.60. The van der Waals surface area contributed by atoms with Crippen LogP contribution in [0.3, 0.4) is 0 Å². The molecule has 1 aromatic heterocycles. The van der Waals surface area contributed by atoms with Crippen LogP contribution in [0.5, 0.6) is 5.88 Å². The minimum absolute atomic E-state index is 0.0286. The highest BCUT2D eigenvalue weighted by molar-refractivity contribution is 6.53. The summed E-state index contributed by atoms with van der Waals surface area (Å²) in [6.45, 7) is 3.48. The predicted octanol–water partition coefficient (Wildman–Crippen LogP) is 3.03. The SMILES string of the molecule is CCOC(=O)C1=NN(c2ccccc2)C(=O)/C1=C/C=C/c1c(C(=O)OCC)nn(-c2ccccc2)c1[O-]. The molecule has 0 aliphatic carbocycles. The smallest absolute Gasteiger partial charge is 0.359 e. The third-order valence-electron chi connectivity index (χ3n) is 5.22. The van der Waals surface area contributed by atoms with Crippen molar-refractivity contribution in [3.8, 4) is 11.6 Å². The maximum atomic E-state index is 13.1. The van der Waals surface area contributed by atoms with Crippen LogP contribution < -0.4 is 10.1 Å². The van der Waals surface area contributed by atoms with Crippen molar-refractivity contribution < 1.29 is 29.0 Å². The first-order valence-electron chi connectivity index (χ1n) is 11.5. The van der Waals surface area contributed by atoms with Gasteiger partial charge in [0.2, 0.25) is 0 Å². The van der Waals surface area contributed by atoms with E-state index >= 15 is 0 Å². The van der Waals surface area contributed by atoms with Gasteiger partial charge in [-0.25, -0.2) is 14.3 Å². The quantitative estimate of drug-likeness (QED) is 0.344. The maximum Gasteiger partial charge on any atom is 0.359 e. The van der Waals surface area contributed by atoms with Gasteiger partial charge in [-0.15, -0.1) is 0 Å². The van der Waals surface area contributed by atoms with Crippen LogP contribution in [0, 0.1) is 0 Å². The van der Waals surface area contributed by atoms with Gasteiger partial charge in [0.25, 0.3) is 5.91 Å². The molecule has 0 bridgehead atoms. The number of ether oxygens (including phenoxy) is 2. The Bertz CT molecular complexity index is 1410. The standard InChI is InChI=1S/C27H24N4O6/c1-3-36-26(34)22-20(24(32)30(28-22)18-12-7-5-8-13-18)16-11-17-21-23(27(35)37-4-2)29-31(25(21)33)19-14-9-6-10-15-19/h5-17,32H,3-4H2,1-2H3/p-1/b16-11+,21-17+. The van der Waals surface area contributed by atoms with Crippen molar-refractivity contribution in [3.05, 3.63) is 89.6 Å². The van der Waals surface area contributed by atoms with E-state index in [1.165, 1.54) is 18.2 Å². The molecule has 0 spiro atoms. The van der Waals surface area contributed by atoms with Gasteiger partial charge in [0.05, 0.1) is 30.2 Å². The number of rotatable bonds is 8. The number of esters is 2. The van der Waals surface area contributed by atoms with Crippen LogP contribution in [0.25, 0.3) is 11.8 Å². The Morgan fingerprint density at radius 3 is 2.14 bits per heavy atom. The summed E-state index contributed by atoms with van der Waals surface area (Å²) >= 11 is 0. The van der Waals surface area contributed by atoms with Crippen LogP contribution in [0.2, 0.25) is 0 Å². The number of anilines is 1. The van der Waals surface area contributed by atoms with Crippen LogP contribution >= 0.6 is 0 Å². The average Bonchev–Trinajstić information content (AvgIpc) is 3.42. The summed E-state index contributed by atoms with van der Waals surface area (Å²) in [6.07, 6.45) is 4.07. The van der Waals surface area contributed by atoms with Gasteiger partial charge < -0.3 is 14.6 Å². The Morgan fingerprint density at radius 2 is 1.51 bits per heavy atom. The maximum absolute atomic E-state index is 13.1. The van der Waals surface area contributed by atoms with Crippen LogP contribution in [-0.2, 0) is 19.1 Å². The Balaban J connectivity index is 1.73. The normalized spacial score (nSPS) is 14.3. The van der Waals surface area contributed by atoms with E-state index in [0.29, 0.717) is 11.4 Å². The first kappa shape index (κ1) is 25.1. The van der Waals surface area contributed by atoms with Gasteiger partial charge in [-0.3, -0.25) is 4.79 Å². The second kappa shape index (κ2) is 11.2. The summed E-state index contributed by atoms with van der Waals surface area (Å²) in [7, 11) is 0. The lowest BCUT2D eigenvalue weighted by atomic mass is 10.1. The van der Waals surface area contributed by atoms with Gasteiger partial charge in [0.1, 0.15) is 0 Å². The van der Waals surface area contributed by atoms with Crippen LogP contribution in [0.4, 0.5) is 5.69 Å². The van der Waals surface area contributed by atoms with Gasteiger partial charge >= 0.3 is 11.9 Å². The molecule has 188 valence electrons. The summed E-state index contributed by atoms with van der Waals surface area (Å²) in [5.74, 6) is -2.62. The Hall–Kier alpha value is -4.99. The number of carbonyl (C=O) groups excluding carboxylic acids is 3. The van der Waals surface area contributed by atoms with E-state index in [0.717, 1.165) is 9.69 Å². The van der Waals surface area contributed by atoms with Gasteiger partial charge in [0.15, 0.2) is 11.4 Å². The molecule has 1 amide bonds. The topological polar surface area (TPSA) is 126 Å². The molecule has 0 radical (unpaired) electrons. The number of allylic oxidation sites excluding steroid dienone is 2. The van der Waals surface area contributed by atoms with E-state index in [4.69, 9.17) is 9.47 Å². The number of hydrazone groups is 1. The van der Waals surface area contributed by atoms with Crippen molar-refractivity contribution in [2.24, 2.45) is 5.10 Å². The molecule has 37 heavy (non-hydrogen) atoms. The Labute approximate surface area is 212 Å². The van der Waals surface area contributed by atoms with Crippen molar-refractivity contribution in [1.82, 2.24) is 9.78 Å². The average molecular weight is 500 g/mol. The highest BCUT2D eigenvalue weighted by atomic mass is 16.5. The largest absolute Gasteiger partial charge is 0.858 e. The van der Waals surface area contributed by atoms with E-state index in [9.17, 15) is 19.5 Å². The summed E-state index contributed by atoms with van der Waals surface area (Å²) < 4.78 is 11.2. The molecule has 10 heteroatoms. The molecule has 0 saturated carbocycles. The van der Waals surface area contributed by atoms with Crippen molar-refractivity contribution in [1.29, 1.82) is 0 Å². The molecule has 1 aliphatic heterocycles. The van der Waals surface area contributed by atoms with Gasteiger partial charge in [-0.05, 0) is 50.1 Å². The lowest BCUT2D eigenvalue weighted by molar-refractivity contribution is -0.278. The van der Waals surface area contributed by atoms with Gasteiger partial charge in [-0.1, -0.05) is 48.6 Å². The van der Waals surface area contributed by atoms with E-state index in [1.807, 2.05) is 0 Å². The Kier molecular flexibility index (Phi) is 7.58. The number of hydrogen-bond donors (Lipinski definition) is 0. The minimum Gasteiger partial charge on any atom is -0.858 e. The van der Waals surface area contributed by atoms with Crippen LogP contribution in [-0.4, -0.2) is 46.6 Å². The molecule has 0 unspecified atom stereocenters. The molecule has 0 saturated heterocycles. The van der Waals surface area contributed by atoms with Crippen molar-refractivity contribution in [3.63, 3.8) is 0 Å². The number of para-hydroxylation sites is 2. The molecule has 1 aliphatic rings. The van der Waals surface area contributed by atoms with Gasteiger partial charge in [-0.2, -0.15) is 15.2 Å². The molecule has 4 rings (SSSR count). The molecule has 0 fully saturated rings. The molecule has 10 nitrogen and oxygen atoms in total. The molecule has 0 atom stereocenters. The molecule has 2 aromatic carbocycles. The van der Waals surface area contributed by atoms with Gasteiger partial charge in [0, 0.05) is 5.56 Å². The zero-order valence-corrected chi connectivity index (χ0v) is 20.2. The van der Waals surface area contributed by atoms with E-state index in [-0.39, 0.29) is 35.8 Å².